The lowest BCUT2D eigenvalue weighted by Crippen LogP contribution is -2.42. The molecule has 1 rings (SSSR count). The second-order valence-electron chi connectivity index (χ2n) is 5.40. The highest BCUT2D eigenvalue weighted by molar-refractivity contribution is 5.94. The first-order valence-electron chi connectivity index (χ1n) is 7.44. The van der Waals surface area contributed by atoms with Crippen LogP contribution < -0.4 is 10.1 Å². The third-order valence-electron chi connectivity index (χ3n) is 3.91. The number of aliphatic carboxylic acids is 1. The van der Waals surface area contributed by atoms with Crippen molar-refractivity contribution in [2.45, 2.75) is 32.9 Å². The van der Waals surface area contributed by atoms with Crippen LogP contribution in [-0.4, -0.2) is 36.3 Å². The molecule has 0 radical (unpaired) electrons. The van der Waals surface area contributed by atoms with Gasteiger partial charge in [-0.2, -0.15) is 13.2 Å². The van der Waals surface area contributed by atoms with Crippen molar-refractivity contribution in [1.82, 2.24) is 5.32 Å². The van der Waals surface area contributed by atoms with Crippen molar-refractivity contribution >= 4 is 11.9 Å². The number of hydrogen-bond acceptors (Lipinski definition) is 3. The summed E-state index contributed by atoms with van der Waals surface area (Å²) >= 11 is 0. The fourth-order valence-corrected chi connectivity index (χ4v) is 2.10. The van der Waals surface area contributed by atoms with E-state index in [4.69, 9.17) is 0 Å². The lowest BCUT2D eigenvalue weighted by molar-refractivity contribution is -0.153. The molecule has 8 heteroatoms. The second kappa shape index (κ2) is 8.03. The number of ether oxygens (including phenoxy) is 1. The largest absolute Gasteiger partial charge is 0.484 e. The van der Waals surface area contributed by atoms with E-state index in [1.807, 2.05) is 0 Å². The van der Waals surface area contributed by atoms with E-state index in [1.54, 1.807) is 13.8 Å². The Bertz CT molecular complexity index is 566. The van der Waals surface area contributed by atoms with Crippen LogP contribution in [0.1, 0.15) is 37.0 Å². The molecule has 2 N–H and O–H groups in total. The van der Waals surface area contributed by atoms with Crippen LogP contribution >= 0.6 is 0 Å². The van der Waals surface area contributed by atoms with Crippen LogP contribution in [-0.2, 0) is 4.79 Å². The van der Waals surface area contributed by atoms with Crippen LogP contribution in [0.3, 0.4) is 0 Å². The van der Waals surface area contributed by atoms with Gasteiger partial charge in [0.1, 0.15) is 5.75 Å². The summed E-state index contributed by atoms with van der Waals surface area (Å²) in [4.78, 5) is 23.4. The molecule has 134 valence electrons. The fourth-order valence-electron chi connectivity index (χ4n) is 2.10. The van der Waals surface area contributed by atoms with Crippen molar-refractivity contribution < 1.29 is 32.6 Å². The van der Waals surface area contributed by atoms with Gasteiger partial charge in [-0.25, -0.2) is 0 Å². The SMILES string of the molecule is CCC(CC)(CNC(=O)c1ccc(OCC(F)(F)F)cc1)C(=O)O. The lowest BCUT2D eigenvalue weighted by atomic mass is 9.82. The monoisotopic (exact) mass is 347 g/mol. The van der Waals surface area contributed by atoms with E-state index in [1.165, 1.54) is 24.3 Å². The Morgan fingerprint density at radius 3 is 2.08 bits per heavy atom. The number of hydrogen-bond donors (Lipinski definition) is 2. The van der Waals surface area contributed by atoms with Gasteiger partial charge in [-0.1, -0.05) is 13.8 Å². The number of amides is 1. The van der Waals surface area contributed by atoms with Gasteiger partial charge in [0, 0.05) is 12.1 Å². The summed E-state index contributed by atoms with van der Waals surface area (Å²) in [6, 6.07) is 5.15. The Morgan fingerprint density at radius 2 is 1.67 bits per heavy atom. The van der Waals surface area contributed by atoms with Crippen molar-refractivity contribution in [3.8, 4) is 5.75 Å². The van der Waals surface area contributed by atoms with Crippen LogP contribution in [0, 0.1) is 5.41 Å². The molecule has 0 aromatic heterocycles. The number of benzene rings is 1. The topological polar surface area (TPSA) is 75.6 Å². The molecule has 0 atom stereocenters. The van der Waals surface area contributed by atoms with E-state index in [-0.39, 0.29) is 17.9 Å². The normalized spacial score (nSPS) is 11.9. The summed E-state index contributed by atoms with van der Waals surface area (Å²) in [7, 11) is 0. The Hall–Kier alpha value is -2.25. The highest BCUT2D eigenvalue weighted by Gasteiger charge is 2.35. The molecule has 0 heterocycles. The number of halogens is 3. The summed E-state index contributed by atoms with van der Waals surface area (Å²) < 4.78 is 40.7. The van der Waals surface area contributed by atoms with Crippen LogP contribution in [0.2, 0.25) is 0 Å². The van der Waals surface area contributed by atoms with Gasteiger partial charge >= 0.3 is 12.1 Å². The van der Waals surface area contributed by atoms with E-state index in [0.717, 1.165) is 0 Å². The molecule has 0 aliphatic carbocycles. The zero-order chi connectivity index (χ0) is 18.4. The number of carbonyl (C=O) groups is 2. The van der Waals surface area contributed by atoms with Crippen LogP contribution in [0.15, 0.2) is 24.3 Å². The number of nitrogens with one attached hydrogen (secondary N) is 1. The molecule has 0 aliphatic heterocycles. The zero-order valence-corrected chi connectivity index (χ0v) is 13.4. The molecule has 0 spiro atoms. The van der Waals surface area contributed by atoms with E-state index in [2.05, 4.69) is 10.1 Å². The molecule has 0 aliphatic rings. The average molecular weight is 347 g/mol. The molecule has 5 nitrogen and oxygen atoms in total. The van der Waals surface area contributed by atoms with Crippen molar-refractivity contribution in [3.63, 3.8) is 0 Å². The van der Waals surface area contributed by atoms with Crippen LogP contribution in [0.25, 0.3) is 0 Å². The van der Waals surface area contributed by atoms with Gasteiger partial charge in [0.15, 0.2) is 6.61 Å². The predicted octanol–water partition coefficient (Wildman–Crippen LogP) is 3.25. The van der Waals surface area contributed by atoms with Crippen molar-refractivity contribution in [2.24, 2.45) is 5.41 Å². The Kier molecular flexibility index (Phi) is 6.62. The molecule has 0 bridgehead atoms. The third-order valence-corrected chi connectivity index (χ3v) is 3.91. The maximum absolute atomic E-state index is 12.1. The Morgan fingerprint density at radius 1 is 1.12 bits per heavy atom. The minimum atomic E-state index is -4.43. The maximum atomic E-state index is 12.1. The van der Waals surface area contributed by atoms with Gasteiger partial charge in [-0.15, -0.1) is 0 Å². The molecular weight excluding hydrogens is 327 g/mol. The second-order valence-corrected chi connectivity index (χ2v) is 5.40. The molecule has 1 aromatic carbocycles. The minimum absolute atomic E-state index is 0.00845. The molecular formula is C16H20F3NO4. The Balaban J connectivity index is 2.67. The molecule has 24 heavy (non-hydrogen) atoms. The number of carboxylic acid groups (broad SMARTS) is 1. The summed E-state index contributed by atoms with van der Waals surface area (Å²) in [6.45, 7) is 2.03. The minimum Gasteiger partial charge on any atom is -0.484 e. The third kappa shape index (κ3) is 5.43. The van der Waals surface area contributed by atoms with E-state index < -0.39 is 30.1 Å². The molecule has 0 saturated heterocycles. The molecule has 1 amide bonds. The lowest BCUT2D eigenvalue weighted by Gasteiger charge is -2.26. The summed E-state index contributed by atoms with van der Waals surface area (Å²) in [6.07, 6.45) is -3.71. The standard InChI is InChI=1S/C16H20F3NO4/c1-3-15(4-2,14(22)23)9-20-13(21)11-5-7-12(8-6-11)24-10-16(17,18)19/h5-8H,3-4,9-10H2,1-2H3,(H,20,21)(H,22,23). The number of carbonyl (C=O) groups excluding carboxylic acids is 1. The Labute approximate surface area is 137 Å². The van der Waals surface area contributed by atoms with Gasteiger partial charge < -0.3 is 15.2 Å². The van der Waals surface area contributed by atoms with Gasteiger partial charge in [0.05, 0.1) is 5.41 Å². The average Bonchev–Trinajstić information content (AvgIpc) is 2.53. The van der Waals surface area contributed by atoms with E-state index >= 15 is 0 Å². The first-order valence-corrected chi connectivity index (χ1v) is 7.44. The van der Waals surface area contributed by atoms with Crippen LogP contribution in [0.5, 0.6) is 5.75 Å². The summed E-state index contributed by atoms with van der Waals surface area (Å²) in [5, 5.41) is 11.9. The van der Waals surface area contributed by atoms with Gasteiger partial charge in [-0.05, 0) is 37.1 Å². The van der Waals surface area contributed by atoms with E-state index in [0.29, 0.717) is 12.8 Å². The van der Waals surface area contributed by atoms with Crippen LogP contribution in [0.4, 0.5) is 13.2 Å². The first-order chi connectivity index (χ1) is 11.1. The van der Waals surface area contributed by atoms with Gasteiger partial charge in [0.2, 0.25) is 0 Å². The summed E-state index contributed by atoms with van der Waals surface area (Å²) in [5.74, 6) is -1.49. The highest BCUT2D eigenvalue weighted by Crippen LogP contribution is 2.26. The molecule has 0 saturated carbocycles. The van der Waals surface area contributed by atoms with Crippen molar-refractivity contribution in [3.05, 3.63) is 29.8 Å². The first kappa shape index (κ1) is 19.8. The zero-order valence-electron chi connectivity index (χ0n) is 13.4. The number of rotatable bonds is 8. The summed E-state index contributed by atoms with van der Waals surface area (Å²) in [5.41, 5.74) is -0.827. The molecule has 0 unspecified atom stereocenters. The van der Waals surface area contributed by atoms with Gasteiger partial charge in [-0.3, -0.25) is 9.59 Å². The van der Waals surface area contributed by atoms with Gasteiger partial charge in [0.25, 0.3) is 5.91 Å². The van der Waals surface area contributed by atoms with Crippen molar-refractivity contribution in [1.29, 1.82) is 0 Å². The molecule has 1 aromatic rings. The number of carboxylic acids is 1. The fraction of sp³-hybridized carbons (Fsp3) is 0.500. The maximum Gasteiger partial charge on any atom is 0.422 e. The predicted molar refractivity (Wildman–Crippen MR) is 81.0 cm³/mol. The smallest absolute Gasteiger partial charge is 0.422 e. The molecule has 0 fully saturated rings. The quantitative estimate of drug-likeness (QED) is 0.757. The van der Waals surface area contributed by atoms with E-state index in [9.17, 15) is 27.9 Å². The highest BCUT2D eigenvalue weighted by atomic mass is 19.4. The van der Waals surface area contributed by atoms with Crippen molar-refractivity contribution in [2.75, 3.05) is 13.2 Å². The number of alkyl halides is 3.